The number of aromatic nitrogens is 2. The Kier molecular flexibility index (Phi) is 4.02. The third-order valence-corrected chi connectivity index (χ3v) is 4.11. The van der Waals surface area contributed by atoms with Gasteiger partial charge >= 0.3 is 0 Å². The van der Waals surface area contributed by atoms with Crippen LogP contribution in [-0.2, 0) is 6.54 Å². The summed E-state index contributed by atoms with van der Waals surface area (Å²) in [5.74, 6) is 0. The largest absolute Gasteiger partial charge is 0.307 e. The van der Waals surface area contributed by atoms with E-state index in [1.807, 2.05) is 18.5 Å². The molecule has 2 rings (SSSR count). The van der Waals surface area contributed by atoms with E-state index in [1.54, 1.807) is 11.3 Å². The Bertz CT molecular complexity index is 567. The number of thiazole rings is 1. The number of hydrogen-bond donors (Lipinski definition) is 1. The molecule has 1 N–H and O–H groups in total. The maximum Gasteiger partial charge on any atom is 0.124 e. The molecule has 0 aromatic carbocycles. The number of rotatable bonds is 3. The lowest BCUT2D eigenvalue weighted by Crippen LogP contribution is -2.34. The molecule has 0 radical (unpaired) electrons. The van der Waals surface area contributed by atoms with E-state index in [2.05, 4.69) is 44.9 Å². The summed E-state index contributed by atoms with van der Waals surface area (Å²) in [5.41, 5.74) is 3.60. The van der Waals surface area contributed by atoms with Crippen molar-refractivity contribution in [3.63, 3.8) is 0 Å². The monoisotopic (exact) mass is 275 g/mol. The van der Waals surface area contributed by atoms with Crippen molar-refractivity contribution in [3.8, 4) is 10.6 Å². The smallest absolute Gasteiger partial charge is 0.124 e. The van der Waals surface area contributed by atoms with E-state index in [1.165, 1.54) is 16.0 Å². The minimum Gasteiger partial charge on any atom is -0.307 e. The van der Waals surface area contributed by atoms with E-state index >= 15 is 0 Å². The van der Waals surface area contributed by atoms with E-state index in [-0.39, 0.29) is 5.54 Å². The van der Waals surface area contributed by atoms with Crippen molar-refractivity contribution in [1.82, 2.24) is 15.3 Å². The van der Waals surface area contributed by atoms with Crippen molar-refractivity contribution in [2.45, 2.75) is 46.7 Å². The van der Waals surface area contributed by atoms with Crippen LogP contribution in [0.25, 0.3) is 10.6 Å². The van der Waals surface area contributed by atoms with Gasteiger partial charge in [0.2, 0.25) is 0 Å². The Balaban J connectivity index is 2.24. The number of nitrogens with zero attached hydrogens (tertiary/aromatic N) is 2. The van der Waals surface area contributed by atoms with Crippen molar-refractivity contribution in [3.05, 3.63) is 34.6 Å². The summed E-state index contributed by atoms with van der Waals surface area (Å²) in [6, 6.07) is 2.04. The first-order valence-electron chi connectivity index (χ1n) is 6.49. The standard InChI is InChI=1S/C15H21N3S/c1-10-8-16-7-6-12(10)14-18-11(2)13(19-14)9-17-15(3,4)5/h6-8,17H,9H2,1-5H3. The molecule has 19 heavy (non-hydrogen) atoms. The minimum atomic E-state index is 0.128. The lowest BCUT2D eigenvalue weighted by molar-refractivity contribution is 0.425. The first-order valence-corrected chi connectivity index (χ1v) is 7.31. The normalized spacial score (nSPS) is 11.8. The fourth-order valence-electron chi connectivity index (χ4n) is 1.77. The Morgan fingerprint density at radius 3 is 2.63 bits per heavy atom. The fourth-order valence-corrected chi connectivity index (χ4v) is 2.86. The summed E-state index contributed by atoms with van der Waals surface area (Å²) in [7, 11) is 0. The maximum absolute atomic E-state index is 4.69. The number of pyridine rings is 1. The van der Waals surface area contributed by atoms with Crippen LogP contribution in [0.3, 0.4) is 0 Å². The zero-order chi connectivity index (χ0) is 14.0. The molecule has 0 aliphatic heterocycles. The highest BCUT2D eigenvalue weighted by molar-refractivity contribution is 7.15. The molecule has 0 saturated carbocycles. The van der Waals surface area contributed by atoms with Gasteiger partial charge in [-0.3, -0.25) is 4.98 Å². The minimum absolute atomic E-state index is 0.128. The second-order valence-electron chi connectivity index (χ2n) is 5.82. The van der Waals surface area contributed by atoms with Crippen LogP contribution in [-0.4, -0.2) is 15.5 Å². The molecule has 0 fully saturated rings. The van der Waals surface area contributed by atoms with Crippen LogP contribution in [0.1, 0.15) is 36.9 Å². The number of nitrogens with one attached hydrogen (secondary N) is 1. The SMILES string of the molecule is Cc1cnccc1-c1nc(C)c(CNC(C)(C)C)s1. The predicted molar refractivity (Wildman–Crippen MR) is 81.4 cm³/mol. The second-order valence-corrected chi connectivity index (χ2v) is 6.91. The van der Waals surface area contributed by atoms with Gasteiger partial charge in [-0.2, -0.15) is 0 Å². The van der Waals surface area contributed by atoms with Crippen LogP contribution >= 0.6 is 11.3 Å². The number of hydrogen-bond acceptors (Lipinski definition) is 4. The molecule has 0 unspecified atom stereocenters. The van der Waals surface area contributed by atoms with Gasteiger partial charge in [-0.05, 0) is 46.2 Å². The molecule has 0 aliphatic rings. The van der Waals surface area contributed by atoms with Crippen molar-refractivity contribution in [2.75, 3.05) is 0 Å². The van der Waals surface area contributed by atoms with E-state index < -0.39 is 0 Å². The Morgan fingerprint density at radius 1 is 1.26 bits per heavy atom. The molecule has 2 aromatic heterocycles. The molecule has 3 nitrogen and oxygen atoms in total. The highest BCUT2D eigenvalue weighted by Crippen LogP contribution is 2.29. The first-order chi connectivity index (χ1) is 8.87. The molecule has 0 atom stereocenters. The second kappa shape index (κ2) is 5.39. The Labute approximate surface area is 119 Å². The van der Waals surface area contributed by atoms with Gasteiger partial charge in [0, 0.05) is 34.9 Å². The van der Waals surface area contributed by atoms with Gasteiger partial charge in [0.25, 0.3) is 0 Å². The third-order valence-electron chi connectivity index (χ3n) is 2.92. The Hall–Kier alpha value is -1.26. The fraction of sp³-hybridized carbons (Fsp3) is 0.467. The first kappa shape index (κ1) is 14.2. The van der Waals surface area contributed by atoms with Gasteiger partial charge in [0.1, 0.15) is 5.01 Å². The summed E-state index contributed by atoms with van der Waals surface area (Å²) in [4.78, 5) is 10.1. The predicted octanol–water partition coefficient (Wildman–Crippen LogP) is 3.71. The highest BCUT2D eigenvalue weighted by Gasteiger charge is 2.14. The van der Waals surface area contributed by atoms with Crippen LogP contribution in [0.5, 0.6) is 0 Å². The lowest BCUT2D eigenvalue weighted by atomic mass is 10.1. The van der Waals surface area contributed by atoms with Crippen molar-refractivity contribution in [2.24, 2.45) is 0 Å². The van der Waals surface area contributed by atoms with Crippen LogP contribution in [0, 0.1) is 13.8 Å². The van der Waals surface area contributed by atoms with E-state index in [9.17, 15) is 0 Å². The Morgan fingerprint density at radius 2 is 2.00 bits per heavy atom. The van der Waals surface area contributed by atoms with Gasteiger partial charge in [-0.15, -0.1) is 11.3 Å². The third kappa shape index (κ3) is 3.61. The van der Waals surface area contributed by atoms with Crippen LogP contribution in [0.15, 0.2) is 18.5 Å². The molecule has 0 saturated heterocycles. The van der Waals surface area contributed by atoms with Crippen LogP contribution in [0.4, 0.5) is 0 Å². The molecular weight excluding hydrogens is 254 g/mol. The van der Waals surface area contributed by atoms with E-state index in [4.69, 9.17) is 4.98 Å². The molecular formula is C15H21N3S. The molecule has 0 amide bonds. The number of aryl methyl sites for hydroxylation is 2. The van der Waals surface area contributed by atoms with E-state index in [0.29, 0.717) is 0 Å². The quantitative estimate of drug-likeness (QED) is 0.928. The van der Waals surface area contributed by atoms with Crippen molar-refractivity contribution < 1.29 is 0 Å². The average Bonchev–Trinajstić information content (AvgIpc) is 2.68. The molecule has 2 aromatic rings. The lowest BCUT2D eigenvalue weighted by Gasteiger charge is -2.19. The van der Waals surface area contributed by atoms with Gasteiger partial charge in [0.15, 0.2) is 0 Å². The highest BCUT2D eigenvalue weighted by atomic mass is 32.1. The maximum atomic E-state index is 4.69. The van der Waals surface area contributed by atoms with Crippen LogP contribution < -0.4 is 5.32 Å². The van der Waals surface area contributed by atoms with Gasteiger partial charge in [0.05, 0.1) is 5.69 Å². The molecule has 102 valence electrons. The average molecular weight is 275 g/mol. The summed E-state index contributed by atoms with van der Waals surface area (Å²) in [5, 5.41) is 4.60. The van der Waals surface area contributed by atoms with Gasteiger partial charge in [-0.1, -0.05) is 0 Å². The summed E-state index contributed by atoms with van der Waals surface area (Å²) in [6.07, 6.45) is 3.71. The zero-order valence-corrected chi connectivity index (χ0v) is 13.1. The topological polar surface area (TPSA) is 37.8 Å². The van der Waals surface area contributed by atoms with Crippen LogP contribution in [0.2, 0.25) is 0 Å². The molecule has 2 heterocycles. The van der Waals surface area contributed by atoms with Gasteiger partial charge < -0.3 is 5.32 Å². The summed E-state index contributed by atoms with van der Waals surface area (Å²) in [6.45, 7) is 11.6. The molecule has 0 aliphatic carbocycles. The summed E-state index contributed by atoms with van der Waals surface area (Å²) >= 11 is 1.77. The molecule has 4 heteroatoms. The summed E-state index contributed by atoms with van der Waals surface area (Å²) < 4.78 is 0. The molecule has 0 bridgehead atoms. The van der Waals surface area contributed by atoms with Crippen molar-refractivity contribution >= 4 is 11.3 Å². The molecule has 0 spiro atoms. The van der Waals surface area contributed by atoms with Crippen molar-refractivity contribution in [1.29, 1.82) is 0 Å². The zero-order valence-electron chi connectivity index (χ0n) is 12.2. The van der Waals surface area contributed by atoms with E-state index in [0.717, 1.165) is 17.2 Å². The van der Waals surface area contributed by atoms with Gasteiger partial charge in [-0.25, -0.2) is 4.98 Å².